The third kappa shape index (κ3) is 1.73. The number of aromatic amines is 1. The molecule has 0 atom stereocenters. The Kier molecular flexibility index (Phi) is 2.18. The minimum atomic E-state index is -0.121. The highest BCUT2D eigenvalue weighted by atomic mass is 16.2. The van der Waals surface area contributed by atoms with Crippen LogP contribution in [0.2, 0.25) is 0 Å². The molecule has 0 aromatic carbocycles. The van der Waals surface area contributed by atoms with Gasteiger partial charge in [0, 0.05) is 6.20 Å². The van der Waals surface area contributed by atoms with Crippen LogP contribution in [0.25, 0.3) is 0 Å². The number of aromatic nitrogens is 2. The number of imidazole rings is 1. The molecule has 2 amide bonds. The lowest BCUT2D eigenvalue weighted by Crippen LogP contribution is -2.51. The molecule has 1 aromatic rings. The standard InChI is InChI=1S/C8H10N4O2/c13-7-4-12(8(14)2-10-7)3-6-1-9-5-11-6/h1,5H,2-4H2,(H,9,11)(H,10,13). The Morgan fingerprint density at radius 1 is 1.50 bits per heavy atom. The Labute approximate surface area is 80.3 Å². The Morgan fingerprint density at radius 3 is 3.07 bits per heavy atom. The topological polar surface area (TPSA) is 78.1 Å². The lowest BCUT2D eigenvalue weighted by molar-refractivity contribution is -0.141. The summed E-state index contributed by atoms with van der Waals surface area (Å²) in [5, 5.41) is 2.49. The minimum absolute atomic E-state index is 0.0702. The number of nitrogens with zero attached hydrogens (tertiary/aromatic N) is 2. The van der Waals surface area contributed by atoms with Gasteiger partial charge in [-0.05, 0) is 0 Å². The summed E-state index contributed by atoms with van der Waals surface area (Å²) < 4.78 is 0. The van der Waals surface area contributed by atoms with E-state index in [4.69, 9.17) is 0 Å². The molecule has 1 fully saturated rings. The molecule has 2 rings (SSSR count). The lowest BCUT2D eigenvalue weighted by atomic mass is 10.3. The third-order valence-corrected chi connectivity index (χ3v) is 2.04. The zero-order chi connectivity index (χ0) is 9.97. The molecule has 0 bridgehead atoms. The van der Waals surface area contributed by atoms with Crippen LogP contribution in [0.3, 0.4) is 0 Å². The first-order chi connectivity index (χ1) is 6.75. The van der Waals surface area contributed by atoms with Gasteiger partial charge in [-0.3, -0.25) is 9.59 Å². The van der Waals surface area contributed by atoms with Gasteiger partial charge in [0.2, 0.25) is 11.8 Å². The summed E-state index contributed by atoms with van der Waals surface area (Å²) in [4.78, 5) is 30.6. The quantitative estimate of drug-likeness (QED) is 0.625. The van der Waals surface area contributed by atoms with Gasteiger partial charge in [0.15, 0.2) is 0 Å². The second kappa shape index (κ2) is 3.49. The summed E-state index contributed by atoms with van der Waals surface area (Å²) in [5.74, 6) is -0.191. The molecule has 2 heterocycles. The van der Waals surface area contributed by atoms with Crippen LogP contribution in [0.15, 0.2) is 12.5 Å². The van der Waals surface area contributed by atoms with Crippen molar-refractivity contribution in [2.45, 2.75) is 6.54 Å². The molecule has 1 aliphatic heterocycles. The zero-order valence-electron chi connectivity index (χ0n) is 7.49. The van der Waals surface area contributed by atoms with Gasteiger partial charge in [0.25, 0.3) is 0 Å². The second-order valence-electron chi connectivity index (χ2n) is 3.10. The first-order valence-electron chi connectivity index (χ1n) is 4.27. The molecule has 14 heavy (non-hydrogen) atoms. The number of carbonyl (C=O) groups excluding carboxylic acids is 2. The number of H-pyrrole nitrogens is 1. The fourth-order valence-corrected chi connectivity index (χ4v) is 1.32. The number of hydrogen-bond acceptors (Lipinski definition) is 3. The molecule has 0 unspecified atom stereocenters. The van der Waals surface area contributed by atoms with Gasteiger partial charge in [-0.1, -0.05) is 0 Å². The monoisotopic (exact) mass is 194 g/mol. The molecule has 0 spiro atoms. The Bertz CT molecular complexity index is 346. The van der Waals surface area contributed by atoms with E-state index in [1.54, 1.807) is 12.5 Å². The third-order valence-electron chi connectivity index (χ3n) is 2.04. The Balaban J connectivity index is 2.02. The van der Waals surface area contributed by atoms with E-state index in [1.807, 2.05) is 0 Å². The van der Waals surface area contributed by atoms with E-state index in [0.29, 0.717) is 6.54 Å². The van der Waals surface area contributed by atoms with Crippen molar-refractivity contribution >= 4 is 11.8 Å². The van der Waals surface area contributed by atoms with Crippen LogP contribution >= 0.6 is 0 Å². The summed E-state index contributed by atoms with van der Waals surface area (Å²) in [6.07, 6.45) is 3.18. The lowest BCUT2D eigenvalue weighted by Gasteiger charge is -2.25. The molecular weight excluding hydrogens is 184 g/mol. The average Bonchev–Trinajstić information content (AvgIpc) is 2.64. The van der Waals surface area contributed by atoms with Gasteiger partial charge in [-0.25, -0.2) is 4.98 Å². The number of carbonyl (C=O) groups is 2. The fourth-order valence-electron chi connectivity index (χ4n) is 1.32. The van der Waals surface area contributed by atoms with E-state index in [2.05, 4.69) is 15.3 Å². The van der Waals surface area contributed by atoms with E-state index < -0.39 is 0 Å². The molecule has 0 aliphatic carbocycles. The van der Waals surface area contributed by atoms with Gasteiger partial charge in [0.1, 0.15) is 0 Å². The summed E-state index contributed by atoms with van der Waals surface area (Å²) in [7, 11) is 0. The normalized spacial score (nSPS) is 17.0. The van der Waals surface area contributed by atoms with Crippen LogP contribution in [0, 0.1) is 0 Å². The van der Waals surface area contributed by atoms with Crippen molar-refractivity contribution in [3.8, 4) is 0 Å². The van der Waals surface area contributed by atoms with Crippen molar-refractivity contribution in [2.24, 2.45) is 0 Å². The smallest absolute Gasteiger partial charge is 0.242 e. The first kappa shape index (κ1) is 8.74. The summed E-state index contributed by atoms with van der Waals surface area (Å²) in [5.41, 5.74) is 0.827. The van der Waals surface area contributed by atoms with Crippen LogP contribution in [-0.4, -0.2) is 39.8 Å². The van der Waals surface area contributed by atoms with Crippen LogP contribution < -0.4 is 5.32 Å². The zero-order valence-corrected chi connectivity index (χ0v) is 7.49. The number of amides is 2. The van der Waals surface area contributed by atoms with E-state index in [9.17, 15) is 9.59 Å². The second-order valence-corrected chi connectivity index (χ2v) is 3.10. The number of hydrogen-bond donors (Lipinski definition) is 2. The molecule has 6 nitrogen and oxygen atoms in total. The molecule has 1 aliphatic rings. The maximum absolute atomic E-state index is 11.3. The van der Waals surface area contributed by atoms with Gasteiger partial charge in [0.05, 0.1) is 31.7 Å². The Hall–Kier alpha value is -1.85. The van der Waals surface area contributed by atoms with Gasteiger partial charge < -0.3 is 15.2 Å². The van der Waals surface area contributed by atoms with E-state index in [1.165, 1.54) is 4.90 Å². The van der Waals surface area contributed by atoms with Gasteiger partial charge >= 0.3 is 0 Å². The number of piperazine rings is 1. The highest BCUT2D eigenvalue weighted by molar-refractivity contribution is 5.92. The van der Waals surface area contributed by atoms with Gasteiger partial charge in [-0.15, -0.1) is 0 Å². The summed E-state index contributed by atoms with van der Waals surface area (Å²) >= 11 is 0. The average molecular weight is 194 g/mol. The van der Waals surface area contributed by atoms with Crippen molar-refractivity contribution in [1.29, 1.82) is 0 Å². The molecule has 6 heteroatoms. The largest absolute Gasteiger partial charge is 0.347 e. The molecule has 1 saturated heterocycles. The highest BCUT2D eigenvalue weighted by Gasteiger charge is 2.22. The van der Waals surface area contributed by atoms with Crippen molar-refractivity contribution in [1.82, 2.24) is 20.2 Å². The molecular formula is C8H10N4O2. The van der Waals surface area contributed by atoms with Crippen LogP contribution in [0.4, 0.5) is 0 Å². The predicted octanol–water partition coefficient (Wildman–Crippen LogP) is -1.13. The Morgan fingerprint density at radius 2 is 2.36 bits per heavy atom. The first-order valence-corrected chi connectivity index (χ1v) is 4.27. The van der Waals surface area contributed by atoms with Crippen molar-refractivity contribution in [2.75, 3.05) is 13.1 Å². The van der Waals surface area contributed by atoms with E-state index in [-0.39, 0.29) is 24.9 Å². The summed E-state index contributed by atoms with van der Waals surface area (Å²) in [6.45, 7) is 0.622. The molecule has 74 valence electrons. The maximum Gasteiger partial charge on any atom is 0.242 e. The van der Waals surface area contributed by atoms with E-state index in [0.717, 1.165) is 5.69 Å². The predicted molar refractivity (Wildman–Crippen MR) is 47.0 cm³/mol. The minimum Gasteiger partial charge on any atom is -0.347 e. The molecule has 0 saturated carbocycles. The SMILES string of the molecule is O=C1CN(Cc2cnc[nH]2)C(=O)CN1. The molecule has 1 aromatic heterocycles. The van der Waals surface area contributed by atoms with Gasteiger partial charge in [-0.2, -0.15) is 0 Å². The van der Waals surface area contributed by atoms with Crippen LogP contribution in [-0.2, 0) is 16.1 Å². The van der Waals surface area contributed by atoms with E-state index >= 15 is 0 Å². The van der Waals surface area contributed by atoms with Crippen molar-refractivity contribution < 1.29 is 9.59 Å². The maximum atomic E-state index is 11.3. The number of rotatable bonds is 2. The molecule has 2 N–H and O–H groups in total. The molecule has 0 radical (unpaired) electrons. The van der Waals surface area contributed by atoms with Crippen molar-refractivity contribution in [3.63, 3.8) is 0 Å². The van der Waals surface area contributed by atoms with Crippen LogP contribution in [0.5, 0.6) is 0 Å². The van der Waals surface area contributed by atoms with Crippen LogP contribution in [0.1, 0.15) is 5.69 Å². The fraction of sp³-hybridized carbons (Fsp3) is 0.375. The highest BCUT2D eigenvalue weighted by Crippen LogP contribution is 2.02. The summed E-state index contributed by atoms with van der Waals surface area (Å²) in [6, 6.07) is 0. The number of nitrogens with one attached hydrogen (secondary N) is 2. The van der Waals surface area contributed by atoms with Crippen molar-refractivity contribution in [3.05, 3.63) is 18.2 Å².